The number of primary sulfonamides is 1. The number of amides is 1. The Balaban J connectivity index is 1.45. The molecule has 1 amide bonds. The average Bonchev–Trinajstić information content (AvgIpc) is 3.15. The van der Waals surface area contributed by atoms with Crippen LogP contribution in [0.2, 0.25) is 0 Å². The van der Waals surface area contributed by atoms with Crippen molar-refractivity contribution in [3.63, 3.8) is 0 Å². The van der Waals surface area contributed by atoms with Crippen molar-refractivity contribution < 1.29 is 22.4 Å². The van der Waals surface area contributed by atoms with E-state index >= 15 is 0 Å². The molecule has 4 rings (SSSR count). The maximum Gasteiger partial charge on any atom is 0.244 e. The van der Waals surface area contributed by atoms with Crippen molar-refractivity contribution in [1.29, 1.82) is 0 Å². The number of hydrogen-bond donors (Lipinski definition) is 2. The summed E-state index contributed by atoms with van der Waals surface area (Å²) >= 11 is 0. The molecule has 0 aliphatic heterocycles. The van der Waals surface area contributed by atoms with Crippen LogP contribution in [0.25, 0.3) is 16.5 Å². The third-order valence-electron chi connectivity index (χ3n) is 6.01. The van der Waals surface area contributed by atoms with Crippen LogP contribution in [0.15, 0.2) is 51.8 Å². The number of rotatable bonds is 7. The molecule has 33 heavy (non-hydrogen) atoms. The summed E-state index contributed by atoms with van der Waals surface area (Å²) in [6.07, 6.45) is 6.41. The number of benzene rings is 2. The van der Waals surface area contributed by atoms with Gasteiger partial charge in [0.1, 0.15) is 17.1 Å². The predicted octanol–water partition coefficient (Wildman–Crippen LogP) is 3.73. The first-order chi connectivity index (χ1) is 15.8. The number of aryl methyl sites for hydroxylation is 2. The van der Waals surface area contributed by atoms with Crippen LogP contribution in [0.3, 0.4) is 0 Å². The predicted molar refractivity (Wildman–Crippen MR) is 128 cm³/mol. The molecule has 1 heterocycles. The number of hydrogen-bond acceptors (Lipinski definition) is 5. The number of methoxy groups -OCH3 is 1. The molecule has 1 aromatic heterocycles. The van der Waals surface area contributed by atoms with E-state index in [1.165, 1.54) is 17.7 Å². The van der Waals surface area contributed by atoms with Gasteiger partial charge in [-0.25, -0.2) is 13.6 Å². The highest BCUT2D eigenvalue weighted by molar-refractivity contribution is 7.89. The van der Waals surface area contributed by atoms with Crippen molar-refractivity contribution in [3.05, 3.63) is 64.9 Å². The van der Waals surface area contributed by atoms with Crippen molar-refractivity contribution in [1.82, 2.24) is 5.32 Å². The van der Waals surface area contributed by atoms with E-state index in [9.17, 15) is 13.2 Å². The average molecular weight is 469 g/mol. The number of allylic oxidation sites excluding steroid dienone is 1. The molecule has 174 valence electrons. The van der Waals surface area contributed by atoms with E-state index in [4.69, 9.17) is 14.3 Å². The molecule has 0 radical (unpaired) electrons. The number of fused-ring (bicyclic) bond motifs is 3. The van der Waals surface area contributed by atoms with Gasteiger partial charge in [-0.1, -0.05) is 12.1 Å². The SMILES string of the molecule is COc1cc2oc3c(c2cc1/C(C)=C/C(=O)NCCc1ccc(S(N)(=O)=O)cc1)CCCC3. The quantitative estimate of drug-likeness (QED) is 0.513. The lowest BCUT2D eigenvalue weighted by Gasteiger charge is -2.11. The normalized spacial score (nSPS) is 14.2. The third kappa shape index (κ3) is 5.12. The Labute approximate surface area is 193 Å². The van der Waals surface area contributed by atoms with E-state index in [2.05, 4.69) is 11.4 Å². The van der Waals surface area contributed by atoms with Gasteiger partial charge in [0.05, 0.1) is 12.0 Å². The fourth-order valence-electron chi connectivity index (χ4n) is 4.27. The van der Waals surface area contributed by atoms with Gasteiger partial charge in [-0.05, 0) is 61.9 Å². The minimum absolute atomic E-state index is 0.0682. The molecule has 1 aliphatic rings. The smallest absolute Gasteiger partial charge is 0.244 e. The summed E-state index contributed by atoms with van der Waals surface area (Å²) in [6.45, 7) is 2.31. The van der Waals surface area contributed by atoms with Crippen LogP contribution in [-0.4, -0.2) is 28.0 Å². The van der Waals surface area contributed by atoms with Gasteiger partial charge >= 0.3 is 0 Å². The zero-order valence-corrected chi connectivity index (χ0v) is 19.6. The highest BCUT2D eigenvalue weighted by Crippen LogP contribution is 2.37. The van der Waals surface area contributed by atoms with Crippen LogP contribution >= 0.6 is 0 Å². The Morgan fingerprint density at radius 3 is 2.61 bits per heavy atom. The zero-order chi connectivity index (χ0) is 23.6. The monoisotopic (exact) mass is 468 g/mol. The summed E-state index contributed by atoms with van der Waals surface area (Å²) < 4.78 is 34.3. The summed E-state index contributed by atoms with van der Waals surface area (Å²) in [4.78, 5) is 12.6. The molecule has 3 N–H and O–H groups in total. The number of carbonyl (C=O) groups excluding carboxylic acids is 1. The molecule has 0 spiro atoms. The molecule has 0 fully saturated rings. The number of furan rings is 1. The van der Waals surface area contributed by atoms with Gasteiger partial charge < -0.3 is 14.5 Å². The van der Waals surface area contributed by atoms with E-state index in [0.29, 0.717) is 18.7 Å². The second-order valence-corrected chi connectivity index (χ2v) is 9.88. The van der Waals surface area contributed by atoms with Crippen LogP contribution in [-0.2, 0) is 34.1 Å². The molecular formula is C25H28N2O5S. The minimum atomic E-state index is -3.71. The van der Waals surface area contributed by atoms with Crippen LogP contribution in [0.4, 0.5) is 0 Å². The first kappa shape index (κ1) is 23.1. The Kier molecular flexibility index (Phi) is 6.58. The van der Waals surface area contributed by atoms with Crippen molar-refractivity contribution >= 4 is 32.5 Å². The lowest BCUT2D eigenvalue weighted by Crippen LogP contribution is -2.23. The first-order valence-electron chi connectivity index (χ1n) is 11.0. The fraction of sp³-hybridized carbons (Fsp3) is 0.320. The second-order valence-electron chi connectivity index (χ2n) is 8.32. The Morgan fingerprint density at radius 2 is 1.91 bits per heavy atom. The molecule has 7 nitrogen and oxygen atoms in total. The highest BCUT2D eigenvalue weighted by Gasteiger charge is 2.20. The number of nitrogens with two attached hydrogens (primary N) is 1. The molecule has 0 bridgehead atoms. The molecule has 2 aromatic carbocycles. The Hall–Kier alpha value is -3.10. The van der Waals surface area contributed by atoms with E-state index in [1.807, 2.05) is 13.0 Å². The summed E-state index contributed by atoms with van der Waals surface area (Å²) in [6, 6.07) is 10.3. The topological polar surface area (TPSA) is 112 Å². The molecule has 0 saturated heterocycles. The van der Waals surface area contributed by atoms with Crippen LogP contribution < -0.4 is 15.2 Å². The van der Waals surface area contributed by atoms with Gasteiger partial charge in [-0.15, -0.1) is 0 Å². The maximum absolute atomic E-state index is 12.5. The third-order valence-corrected chi connectivity index (χ3v) is 6.94. The lowest BCUT2D eigenvalue weighted by atomic mass is 9.94. The van der Waals surface area contributed by atoms with Crippen molar-refractivity contribution in [2.75, 3.05) is 13.7 Å². The highest BCUT2D eigenvalue weighted by atomic mass is 32.2. The summed E-state index contributed by atoms with van der Waals surface area (Å²) in [5.41, 5.74) is 4.67. The van der Waals surface area contributed by atoms with E-state index in [-0.39, 0.29) is 10.8 Å². The van der Waals surface area contributed by atoms with Gasteiger partial charge in [-0.3, -0.25) is 4.79 Å². The maximum atomic E-state index is 12.5. The van der Waals surface area contributed by atoms with Gasteiger partial charge in [0.2, 0.25) is 15.9 Å². The Morgan fingerprint density at radius 1 is 1.18 bits per heavy atom. The zero-order valence-electron chi connectivity index (χ0n) is 18.8. The van der Waals surface area contributed by atoms with Crippen molar-refractivity contribution in [3.8, 4) is 5.75 Å². The van der Waals surface area contributed by atoms with Crippen LogP contribution in [0.1, 0.15) is 42.2 Å². The number of carbonyl (C=O) groups is 1. The first-order valence-corrected chi connectivity index (χ1v) is 12.5. The molecule has 3 aromatic rings. The van der Waals surface area contributed by atoms with Gasteiger partial charge in [0.25, 0.3) is 0 Å². The molecule has 8 heteroatoms. The van der Waals surface area contributed by atoms with E-state index in [0.717, 1.165) is 59.1 Å². The summed E-state index contributed by atoms with van der Waals surface area (Å²) in [5, 5.41) is 9.09. The molecule has 1 aliphatic carbocycles. The molecule has 0 atom stereocenters. The number of ether oxygens (including phenoxy) is 1. The Bertz CT molecular complexity index is 1320. The van der Waals surface area contributed by atoms with Crippen LogP contribution in [0, 0.1) is 0 Å². The van der Waals surface area contributed by atoms with Gasteiger partial charge in [0.15, 0.2) is 0 Å². The minimum Gasteiger partial charge on any atom is -0.496 e. The van der Waals surface area contributed by atoms with Crippen LogP contribution in [0.5, 0.6) is 5.75 Å². The van der Waals surface area contributed by atoms with Crippen molar-refractivity contribution in [2.24, 2.45) is 5.14 Å². The van der Waals surface area contributed by atoms with E-state index in [1.54, 1.807) is 25.3 Å². The standard InChI is InChI=1S/C25H28N2O5S/c1-16(13-25(28)27-12-11-17-7-9-18(10-8-17)33(26,29)30)20-14-21-19-5-3-4-6-22(19)32-24(21)15-23(20)31-2/h7-10,13-15H,3-6,11-12H2,1-2H3,(H,27,28)(H2,26,29,30)/b16-13+. The summed E-state index contributed by atoms with van der Waals surface area (Å²) in [7, 11) is -2.10. The molecule has 0 saturated carbocycles. The van der Waals surface area contributed by atoms with Gasteiger partial charge in [-0.2, -0.15) is 0 Å². The largest absolute Gasteiger partial charge is 0.496 e. The number of nitrogens with one attached hydrogen (secondary N) is 1. The lowest BCUT2D eigenvalue weighted by molar-refractivity contribution is -0.116. The van der Waals surface area contributed by atoms with Crippen molar-refractivity contribution in [2.45, 2.75) is 43.9 Å². The van der Waals surface area contributed by atoms with E-state index < -0.39 is 10.0 Å². The van der Waals surface area contributed by atoms with Gasteiger partial charge in [0, 0.05) is 41.6 Å². The summed E-state index contributed by atoms with van der Waals surface area (Å²) in [5.74, 6) is 1.53. The molecular weight excluding hydrogens is 440 g/mol. The molecule has 0 unspecified atom stereocenters. The second kappa shape index (κ2) is 9.41. The number of sulfonamides is 1. The fourth-order valence-corrected chi connectivity index (χ4v) is 4.78.